The predicted molar refractivity (Wildman–Crippen MR) is 125 cm³/mol. The molecule has 0 saturated carbocycles. The molecule has 7 heteroatoms. The minimum Gasteiger partial charge on any atom is -0.491 e. The number of benzene rings is 2. The topological polar surface area (TPSA) is 75.3 Å². The number of rotatable bonds is 18. The zero-order valence-corrected chi connectivity index (χ0v) is 18.9. The average Bonchev–Trinajstić information content (AvgIpc) is 2.83. The largest absolute Gasteiger partial charge is 0.491 e. The van der Waals surface area contributed by atoms with E-state index in [1.165, 1.54) is 0 Å². The molecule has 0 aliphatic carbocycles. The number of anilines is 1. The van der Waals surface area contributed by atoms with Gasteiger partial charge in [-0.25, -0.2) is 4.79 Å². The fraction of sp³-hybridized carbons (Fsp3) is 0.480. The average molecular weight is 446 g/mol. The zero-order valence-electron chi connectivity index (χ0n) is 18.9. The first-order chi connectivity index (χ1) is 15.8. The van der Waals surface area contributed by atoms with Gasteiger partial charge in [-0.1, -0.05) is 31.5 Å². The van der Waals surface area contributed by atoms with Gasteiger partial charge in [0.05, 0.1) is 45.2 Å². The highest BCUT2D eigenvalue weighted by Gasteiger charge is 2.06. The van der Waals surface area contributed by atoms with E-state index >= 15 is 0 Å². The Hall–Kier alpha value is -2.61. The highest BCUT2D eigenvalue weighted by molar-refractivity contribution is 5.89. The van der Waals surface area contributed by atoms with Crippen molar-refractivity contribution in [3.63, 3.8) is 0 Å². The Morgan fingerprint density at radius 3 is 1.97 bits per heavy atom. The van der Waals surface area contributed by atoms with E-state index in [0.29, 0.717) is 51.8 Å². The SMILES string of the molecule is CCCCNc1ccc(C(=O)OCCOCCOCCOCCOc2ccccc2)cc1. The number of unbranched alkanes of at least 4 members (excludes halogenated alkanes) is 1. The van der Waals surface area contributed by atoms with E-state index in [-0.39, 0.29) is 12.6 Å². The van der Waals surface area contributed by atoms with Crippen LogP contribution in [0.3, 0.4) is 0 Å². The molecule has 176 valence electrons. The Bertz CT molecular complexity index is 723. The molecule has 0 spiro atoms. The summed E-state index contributed by atoms with van der Waals surface area (Å²) < 4.78 is 27.1. The van der Waals surface area contributed by atoms with Crippen LogP contribution in [0, 0.1) is 0 Å². The smallest absolute Gasteiger partial charge is 0.338 e. The molecule has 0 heterocycles. The summed E-state index contributed by atoms with van der Waals surface area (Å²) in [4.78, 5) is 12.0. The standard InChI is InChI=1S/C25H35NO6/c1-2-3-13-26-23-11-9-22(10-12-23)25(27)32-21-19-30-17-15-28-14-16-29-18-20-31-24-7-5-4-6-8-24/h4-12,26H,2-3,13-21H2,1H3. The summed E-state index contributed by atoms with van der Waals surface area (Å²) in [5, 5.41) is 3.31. The van der Waals surface area contributed by atoms with Crippen LogP contribution < -0.4 is 10.1 Å². The third-order valence-electron chi connectivity index (χ3n) is 4.42. The summed E-state index contributed by atoms with van der Waals surface area (Å²) in [7, 11) is 0. The molecule has 0 aliphatic heterocycles. The van der Waals surface area contributed by atoms with Crippen molar-refractivity contribution in [1.29, 1.82) is 0 Å². The third kappa shape index (κ3) is 11.7. The van der Waals surface area contributed by atoms with Crippen LogP contribution in [-0.4, -0.2) is 65.4 Å². The number of hydrogen-bond acceptors (Lipinski definition) is 7. The summed E-state index contributed by atoms with van der Waals surface area (Å²) in [6.45, 7) is 6.53. The summed E-state index contributed by atoms with van der Waals surface area (Å²) in [6.07, 6.45) is 2.26. The Balaban J connectivity index is 1.37. The van der Waals surface area contributed by atoms with Crippen LogP contribution in [0.15, 0.2) is 54.6 Å². The summed E-state index contributed by atoms with van der Waals surface area (Å²) in [5.74, 6) is 0.488. The Labute approximate surface area is 191 Å². The van der Waals surface area contributed by atoms with E-state index in [1.54, 1.807) is 12.1 Å². The molecule has 2 aromatic carbocycles. The van der Waals surface area contributed by atoms with Gasteiger partial charge in [0.2, 0.25) is 0 Å². The Morgan fingerprint density at radius 1 is 0.750 bits per heavy atom. The van der Waals surface area contributed by atoms with E-state index in [2.05, 4.69) is 12.2 Å². The Kier molecular flexibility index (Phi) is 13.6. The van der Waals surface area contributed by atoms with Gasteiger partial charge in [-0.15, -0.1) is 0 Å². The van der Waals surface area contributed by atoms with E-state index < -0.39 is 0 Å². The molecule has 32 heavy (non-hydrogen) atoms. The van der Waals surface area contributed by atoms with Crippen LogP contribution in [-0.2, 0) is 18.9 Å². The molecule has 0 bridgehead atoms. The van der Waals surface area contributed by atoms with Crippen LogP contribution in [0.5, 0.6) is 5.75 Å². The molecule has 1 N–H and O–H groups in total. The van der Waals surface area contributed by atoms with Crippen molar-refractivity contribution >= 4 is 11.7 Å². The molecule has 0 atom stereocenters. The number of esters is 1. The van der Waals surface area contributed by atoms with Gasteiger partial charge < -0.3 is 29.0 Å². The molecule has 0 amide bonds. The molecule has 0 radical (unpaired) electrons. The lowest BCUT2D eigenvalue weighted by Gasteiger charge is -2.09. The fourth-order valence-electron chi connectivity index (χ4n) is 2.69. The van der Waals surface area contributed by atoms with Gasteiger partial charge in [0.1, 0.15) is 19.0 Å². The van der Waals surface area contributed by atoms with E-state index in [4.69, 9.17) is 23.7 Å². The van der Waals surface area contributed by atoms with E-state index in [9.17, 15) is 4.79 Å². The monoisotopic (exact) mass is 445 g/mol. The van der Waals surface area contributed by atoms with Crippen molar-refractivity contribution in [2.75, 3.05) is 64.7 Å². The number of ether oxygens (including phenoxy) is 5. The maximum atomic E-state index is 12.0. The zero-order chi connectivity index (χ0) is 22.7. The Morgan fingerprint density at radius 2 is 1.34 bits per heavy atom. The molecule has 2 rings (SSSR count). The van der Waals surface area contributed by atoms with Crippen LogP contribution in [0.25, 0.3) is 0 Å². The number of carbonyl (C=O) groups is 1. The number of carbonyl (C=O) groups excluding carboxylic acids is 1. The predicted octanol–water partition coefficient (Wildman–Crippen LogP) is 4.18. The molecular weight excluding hydrogens is 410 g/mol. The number of nitrogens with one attached hydrogen (secondary N) is 1. The highest BCUT2D eigenvalue weighted by Crippen LogP contribution is 2.11. The van der Waals surface area contributed by atoms with Crippen molar-refractivity contribution in [2.24, 2.45) is 0 Å². The van der Waals surface area contributed by atoms with Crippen LogP contribution >= 0.6 is 0 Å². The first kappa shape index (κ1) is 25.6. The fourth-order valence-corrected chi connectivity index (χ4v) is 2.69. The van der Waals surface area contributed by atoms with E-state index in [1.807, 2.05) is 42.5 Å². The van der Waals surface area contributed by atoms with Crippen molar-refractivity contribution in [1.82, 2.24) is 0 Å². The van der Waals surface area contributed by atoms with E-state index in [0.717, 1.165) is 30.8 Å². The molecule has 0 fully saturated rings. The van der Waals surface area contributed by atoms with Gasteiger partial charge in [0.25, 0.3) is 0 Å². The minimum absolute atomic E-state index is 0.208. The second-order valence-corrected chi connectivity index (χ2v) is 6.99. The lowest BCUT2D eigenvalue weighted by Crippen LogP contribution is -2.15. The van der Waals surface area contributed by atoms with Crippen molar-refractivity contribution in [3.05, 3.63) is 60.2 Å². The van der Waals surface area contributed by atoms with Gasteiger partial charge in [0, 0.05) is 12.2 Å². The van der Waals surface area contributed by atoms with Crippen LogP contribution in [0.4, 0.5) is 5.69 Å². The molecule has 7 nitrogen and oxygen atoms in total. The number of para-hydroxylation sites is 1. The van der Waals surface area contributed by atoms with Gasteiger partial charge in [-0.2, -0.15) is 0 Å². The van der Waals surface area contributed by atoms with Gasteiger partial charge in [0.15, 0.2) is 0 Å². The van der Waals surface area contributed by atoms with Crippen LogP contribution in [0.2, 0.25) is 0 Å². The summed E-state index contributed by atoms with van der Waals surface area (Å²) in [5.41, 5.74) is 1.53. The highest BCUT2D eigenvalue weighted by atomic mass is 16.6. The van der Waals surface area contributed by atoms with Gasteiger partial charge in [-0.3, -0.25) is 0 Å². The third-order valence-corrected chi connectivity index (χ3v) is 4.42. The van der Waals surface area contributed by atoms with Gasteiger partial charge in [-0.05, 0) is 42.8 Å². The second kappa shape index (κ2) is 17.0. The van der Waals surface area contributed by atoms with Crippen molar-refractivity contribution in [3.8, 4) is 5.75 Å². The summed E-state index contributed by atoms with van der Waals surface area (Å²) >= 11 is 0. The second-order valence-electron chi connectivity index (χ2n) is 6.99. The van der Waals surface area contributed by atoms with Crippen molar-refractivity contribution < 1.29 is 28.5 Å². The molecular formula is C25H35NO6. The lowest BCUT2D eigenvalue weighted by molar-refractivity contribution is -0.00222. The molecule has 2 aromatic rings. The molecule has 0 aromatic heterocycles. The minimum atomic E-state index is -0.349. The first-order valence-corrected chi connectivity index (χ1v) is 11.2. The molecule has 0 unspecified atom stereocenters. The maximum absolute atomic E-state index is 12.0. The summed E-state index contributed by atoms with van der Waals surface area (Å²) in [6, 6.07) is 16.9. The maximum Gasteiger partial charge on any atom is 0.338 e. The quantitative estimate of drug-likeness (QED) is 0.272. The van der Waals surface area contributed by atoms with Gasteiger partial charge >= 0.3 is 5.97 Å². The normalized spacial score (nSPS) is 10.7. The number of hydrogen-bond donors (Lipinski definition) is 1. The van der Waals surface area contributed by atoms with Crippen molar-refractivity contribution in [2.45, 2.75) is 19.8 Å². The molecule has 0 aliphatic rings. The lowest BCUT2D eigenvalue weighted by atomic mass is 10.2. The molecule has 0 saturated heterocycles. The first-order valence-electron chi connectivity index (χ1n) is 11.2. The van der Waals surface area contributed by atoms with Crippen LogP contribution in [0.1, 0.15) is 30.1 Å².